The van der Waals surface area contributed by atoms with Crippen LogP contribution in [0.3, 0.4) is 0 Å². The molecule has 3 heteroatoms. The number of rotatable bonds is 5. The second-order valence-corrected chi connectivity index (χ2v) is 5.13. The summed E-state index contributed by atoms with van der Waals surface area (Å²) in [5.74, 6) is 0.231. The van der Waals surface area contributed by atoms with Gasteiger partial charge in [0.25, 0.3) is 1.43 Å². The lowest BCUT2D eigenvalue weighted by Gasteiger charge is -2.19. The average Bonchev–Trinajstić information content (AvgIpc) is 2.55. The number of hydrogen-bond acceptors (Lipinski definition) is 3. The quantitative estimate of drug-likeness (QED) is 0.791. The van der Waals surface area contributed by atoms with Crippen molar-refractivity contribution in [1.82, 2.24) is 0 Å². The van der Waals surface area contributed by atoms with E-state index in [0.717, 1.165) is 0 Å². The van der Waals surface area contributed by atoms with E-state index in [4.69, 9.17) is 14.0 Å². The van der Waals surface area contributed by atoms with E-state index in [1.165, 1.54) is 6.07 Å². The van der Waals surface area contributed by atoms with Crippen LogP contribution in [-0.2, 0) is 0 Å². The number of hydrogen-bond donors (Lipinski definition) is 2. The molecule has 2 rings (SSSR count). The molecule has 0 spiro atoms. The van der Waals surface area contributed by atoms with Crippen molar-refractivity contribution in [3.8, 4) is 28.4 Å². The van der Waals surface area contributed by atoms with Gasteiger partial charge in [-0.2, -0.15) is 0 Å². The Morgan fingerprint density at radius 3 is 2.62 bits per heavy atom. The minimum absolute atomic E-state index is 0.126. The highest BCUT2D eigenvalue weighted by molar-refractivity contribution is 5.86. The highest BCUT2D eigenvalue weighted by atomic mass is 16.5. The van der Waals surface area contributed by atoms with Gasteiger partial charge in [0.15, 0.2) is 11.5 Å². The summed E-state index contributed by atoms with van der Waals surface area (Å²) in [4.78, 5) is 0. The molecule has 0 saturated heterocycles. The number of benzene rings is 2. The Hall–Kier alpha value is -2.42. The van der Waals surface area contributed by atoms with Crippen LogP contribution in [-0.4, -0.2) is 17.8 Å². The molecule has 0 amide bonds. The molecule has 0 bridgehead atoms. The van der Waals surface area contributed by atoms with Crippen LogP contribution in [0.5, 0.6) is 17.2 Å². The molecule has 0 radical (unpaired) electrons. The molecule has 2 aromatic rings. The third-order valence-corrected chi connectivity index (χ3v) is 3.03. The van der Waals surface area contributed by atoms with E-state index in [1.54, 1.807) is 6.92 Å². The Balaban J connectivity index is 2.87. The minimum atomic E-state index is -0.413. The van der Waals surface area contributed by atoms with Crippen LogP contribution < -0.4 is 4.74 Å². The van der Waals surface area contributed by atoms with Crippen molar-refractivity contribution in [2.75, 3.05) is 0 Å². The summed E-state index contributed by atoms with van der Waals surface area (Å²) >= 11 is 0. The molecule has 0 saturated carbocycles. The van der Waals surface area contributed by atoms with Crippen molar-refractivity contribution in [1.29, 1.82) is 1.43 Å². The van der Waals surface area contributed by atoms with E-state index >= 15 is 0 Å². The Labute approximate surface area is 129 Å². The topological polar surface area (TPSA) is 49.7 Å². The van der Waals surface area contributed by atoms with E-state index in [-0.39, 0.29) is 23.4 Å². The molecule has 2 aromatic carbocycles. The summed E-state index contributed by atoms with van der Waals surface area (Å²) in [6, 6.07) is 10.5. The van der Waals surface area contributed by atoms with E-state index in [1.807, 2.05) is 44.2 Å². The second-order valence-electron chi connectivity index (χ2n) is 5.13. The maximum absolute atomic E-state index is 10.4. The molecule has 21 heavy (non-hydrogen) atoms. The molecule has 0 aliphatic heterocycles. The van der Waals surface area contributed by atoms with Gasteiger partial charge in [0, 0.05) is 5.56 Å². The van der Waals surface area contributed by atoms with E-state index in [9.17, 15) is 5.11 Å². The van der Waals surface area contributed by atoms with E-state index in [2.05, 4.69) is 0 Å². The first-order valence-corrected chi connectivity index (χ1v) is 6.76. The van der Waals surface area contributed by atoms with Crippen LogP contribution in [0.25, 0.3) is 16.7 Å². The first-order chi connectivity index (χ1) is 11.4. The third-order valence-electron chi connectivity index (χ3n) is 3.03. The summed E-state index contributed by atoms with van der Waals surface area (Å²) in [7, 11) is 0. The lowest BCUT2D eigenvalue weighted by atomic mass is 9.96. The Morgan fingerprint density at radius 1 is 1.33 bits per heavy atom. The number of phenolic OH excluding ortho intramolecular Hbond substituents is 2. The van der Waals surface area contributed by atoms with Crippen molar-refractivity contribution in [2.45, 2.75) is 26.9 Å². The van der Waals surface area contributed by atoms with Gasteiger partial charge < -0.3 is 15.0 Å². The molecular formula is C18H20O3. The Morgan fingerprint density at radius 2 is 2.05 bits per heavy atom. The highest BCUT2D eigenvalue weighted by Crippen LogP contribution is 2.47. The first-order valence-electron chi connectivity index (χ1n) is 8.17. The maximum atomic E-state index is 10.4. The fourth-order valence-electron chi connectivity index (χ4n) is 2.13. The normalized spacial score (nSPS) is 12.3. The molecule has 0 aliphatic rings. The Kier molecular flexibility index (Phi) is 3.17. The van der Waals surface area contributed by atoms with Crippen LogP contribution in [0.15, 0.2) is 42.9 Å². The summed E-state index contributed by atoms with van der Waals surface area (Å²) in [6.07, 6.45) is -0.192. The van der Waals surface area contributed by atoms with E-state index in [0.29, 0.717) is 22.3 Å². The summed E-state index contributed by atoms with van der Waals surface area (Å²) in [5, 5.41) is 15.3. The largest absolute Gasteiger partial charge is 0.507 e. The first kappa shape index (κ1) is 11.3. The molecule has 110 valence electrons. The highest BCUT2D eigenvalue weighted by Gasteiger charge is 2.21. The molecule has 3 nitrogen and oxygen atoms in total. The van der Waals surface area contributed by atoms with Gasteiger partial charge >= 0.3 is 0 Å². The van der Waals surface area contributed by atoms with Crippen LogP contribution in [0.4, 0.5) is 0 Å². The molecular weight excluding hydrogens is 264 g/mol. The van der Waals surface area contributed by atoms with Crippen LogP contribution in [0.1, 0.15) is 29.1 Å². The Bertz CT molecular complexity index is 752. The van der Waals surface area contributed by atoms with Crippen molar-refractivity contribution < 1.29 is 17.7 Å². The SMILES string of the molecule is [2H]Oc1c(C(C)=C([2H])[2H])cc(O)c(OC(C)C)c1-c1ccccc1. The fraction of sp³-hybridized carbons (Fsp3) is 0.222. The molecule has 2 N–H and O–H groups in total. The minimum Gasteiger partial charge on any atom is -0.507 e. The zero-order chi connectivity index (χ0) is 17.9. The van der Waals surface area contributed by atoms with Crippen molar-refractivity contribution in [3.63, 3.8) is 0 Å². The molecule has 0 atom stereocenters. The van der Waals surface area contributed by atoms with Crippen molar-refractivity contribution in [2.24, 2.45) is 0 Å². The number of ether oxygens (including phenoxy) is 1. The summed E-state index contributed by atoms with van der Waals surface area (Å²) < 4.78 is 28.3. The van der Waals surface area contributed by atoms with Crippen LogP contribution >= 0.6 is 0 Å². The predicted molar refractivity (Wildman–Crippen MR) is 85.7 cm³/mol. The number of phenols is 2. The van der Waals surface area contributed by atoms with Gasteiger partial charge in [-0.15, -0.1) is 0 Å². The zero-order valence-electron chi connectivity index (χ0n) is 15.3. The standard InChI is InChI=1S/C18H20O3/c1-11(2)14-10-15(19)18(21-12(3)4)16(17(14)20)13-8-6-5-7-9-13/h5-10,12,19-20H,1H2,2-4H3/i1D2/hD. The molecule has 0 unspecified atom stereocenters. The molecule has 0 fully saturated rings. The third kappa shape index (κ3) is 3.02. The average molecular weight is 287 g/mol. The van der Waals surface area contributed by atoms with Gasteiger partial charge in [-0.25, -0.2) is 0 Å². The smallest absolute Gasteiger partial charge is 0.293 e. The van der Waals surface area contributed by atoms with Crippen LogP contribution in [0.2, 0.25) is 0 Å². The maximum Gasteiger partial charge on any atom is 0.293 e. The predicted octanol–water partition coefficient (Wildman–Crippen LogP) is 4.59. The summed E-state index contributed by atoms with van der Waals surface area (Å²) in [5.41, 5.74) is 1.74. The van der Waals surface area contributed by atoms with Gasteiger partial charge in [-0.3, -0.25) is 0 Å². The second kappa shape index (κ2) is 5.92. The summed E-state index contributed by atoms with van der Waals surface area (Å²) in [6.45, 7) is 4.83. The van der Waals surface area contributed by atoms with Gasteiger partial charge in [0.1, 0.15) is 5.75 Å². The molecule has 0 aromatic heterocycles. The van der Waals surface area contributed by atoms with Crippen molar-refractivity contribution >= 4 is 5.57 Å². The molecule has 0 aliphatic carbocycles. The number of aromatic hydroxyl groups is 2. The number of allylic oxidation sites excluding steroid dienone is 1. The fourth-order valence-corrected chi connectivity index (χ4v) is 2.13. The lowest BCUT2D eigenvalue weighted by molar-refractivity contribution is 0.232. The van der Waals surface area contributed by atoms with Gasteiger partial charge in [0.05, 0.1) is 14.4 Å². The van der Waals surface area contributed by atoms with Crippen molar-refractivity contribution in [3.05, 3.63) is 48.5 Å². The van der Waals surface area contributed by atoms with Crippen LogP contribution in [0, 0.1) is 0 Å². The van der Waals surface area contributed by atoms with Gasteiger partial charge in [-0.05, 0) is 38.0 Å². The van der Waals surface area contributed by atoms with E-state index < -0.39 is 6.53 Å². The molecule has 0 heterocycles. The zero-order valence-corrected chi connectivity index (χ0v) is 12.3. The van der Waals surface area contributed by atoms with Gasteiger partial charge in [-0.1, -0.05) is 36.9 Å². The lowest BCUT2D eigenvalue weighted by Crippen LogP contribution is -2.07. The monoisotopic (exact) mass is 287 g/mol. The van der Waals surface area contributed by atoms with Gasteiger partial charge in [0.2, 0.25) is 0 Å².